The van der Waals surface area contributed by atoms with Crippen LogP contribution >= 0.6 is 11.6 Å². The number of hydrogen-bond donors (Lipinski definition) is 1. The molecular weight excluding hydrogens is 426 g/mol. The quantitative estimate of drug-likeness (QED) is 0.706. The van der Waals surface area contributed by atoms with Gasteiger partial charge in [-0.3, -0.25) is 9.69 Å². The fourth-order valence-electron chi connectivity index (χ4n) is 3.92. The first-order valence-corrected chi connectivity index (χ1v) is 12.8. The van der Waals surface area contributed by atoms with Gasteiger partial charge in [-0.15, -0.1) is 0 Å². The number of hydrogen-bond acceptors (Lipinski definition) is 6. The van der Waals surface area contributed by atoms with Gasteiger partial charge in [0, 0.05) is 30.2 Å². The highest BCUT2D eigenvalue weighted by atomic mass is 35.5. The lowest BCUT2D eigenvalue weighted by molar-refractivity contribution is -0.130. The Labute approximate surface area is 169 Å². The van der Waals surface area contributed by atoms with Crippen LogP contribution < -0.4 is 4.72 Å². The van der Waals surface area contributed by atoms with Crippen LogP contribution in [0.5, 0.6) is 0 Å². The fraction of sp³-hybridized carbons (Fsp3) is 0.588. The highest BCUT2D eigenvalue weighted by Crippen LogP contribution is 2.34. The number of halogens is 1. The Morgan fingerprint density at radius 3 is 2.50 bits per heavy atom. The van der Waals surface area contributed by atoms with E-state index in [-0.39, 0.29) is 30.5 Å². The standard InChI is InChI=1S/C17H22ClN3O5S2/c18-13-3-1-12(2-4-13)11-27(23,24)19-14-9-16-17(22)21(15-5-6-15)28(25,26)8-7-20(16)10-14/h1-4,14-16,19H,5-11H2/t14-,16-/m0/s1. The number of fused-ring (bicyclic) bond motifs is 1. The van der Waals surface area contributed by atoms with E-state index in [1.807, 2.05) is 0 Å². The van der Waals surface area contributed by atoms with Crippen molar-refractivity contribution in [1.82, 2.24) is 13.9 Å². The summed E-state index contributed by atoms with van der Waals surface area (Å²) in [5.41, 5.74) is 0.617. The number of nitrogens with one attached hydrogen (secondary N) is 1. The van der Waals surface area contributed by atoms with Crippen LogP contribution in [0.2, 0.25) is 5.02 Å². The first-order valence-electron chi connectivity index (χ1n) is 9.19. The molecule has 1 saturated carbocycles. The van der Waals surface area contributed by atoms with Crippen molar-refractivity contribution in [3.05, 3.63) is 34.9 Å². The second-order valence-corrected chi connectivity index (χ2v) is 11.8. The van der Waals surface area contributed by atoms with Crippen LogP contribution in [0.25, 0.3) is 0 Å². The molecule has 3 fully saturated rings. The van der Waals surface area contributed by atoms with Gasteiger partial charge >= 0.3 is 0 Å². The summed E-state index contributed by atoms with van der Waals surface area (Å²) in [6.07, 6.45) is 1.68. The van der Waals surface area contributed by atoms with E-state index in [2.05, 4.69) is 4.72 Å². The number of rotatable bonds is 5. The van der Waals surface area contributed by atoms with Gasteiger partial charge in [0.2, 0.25) is 20.0 Å². The topological polar surface area (TPSA) is 104 Å². The lowest BCUT2D eigenvalue weighted by Crippen LogP contribution is -2.45. The third kappa shape index (κ3) is 4.20. The molecule has 2 saturated heterocycles. The van der Waals surface area contributed by atoms with Crippen molar-refractivity contribution in [1.29, 1.82) is 0 Å². The molecule has 11 heteroatoms. The van der Waals surface area contributed by atoms with Crippen LogP contribution in [0.3, 0.4) is 0 Å². The third-order valence-electron chi connectivity index (χ3n) is 5.34. The molecule has 154 valence electrons. The number of sulfonamides is 2. The highest BCUT2D eigenvalue weighted by Gasteiger charge is 2.50. The van der Waals surface area contributed by atoms with Crippen LogP contribution in [0.15, 0.2) is 24.3 Å². The first-order chi connectivity index (χ1) is 13.1. The number of carbonyl (C=O) groups is 1. The fourth-order valence-corrected chi connectivity index (χ4v) is 7.16. The normalized spacial score (nSPS) is 28.2. The van der Waals surface area contributed by atoms with E-state index >= 15 is 0 Å². The van der Waals surface area contributed by atoms with E-state index in [4.69, 9.17) is 11.6 Å². The minimum atomic E-state index is -3.60. The Hall–Kier alpha value is -1.20. The zero-order valence-electron chi connectivity index (χ0n) is 15.1. The van der Waals surface area contributed by atoms with Gasteiger partial charge in [0.25, 0.3) is 5.91 Å². The zero-order valence-corrected chi connectivity index (χ0v) is 17.5. The van der Waals surface area contributed by atoms with E-state index in [0.717, 1.165) is 4.31 Å². The smallest absolute Gasteiger partial charge is 0.253 e. The van der Waals surface area contributed by atoms with E-state index in [1.165, 1.54) is 0 Å². The van der Waals surface area contributed by atoms with E-state index in [0.29, 0.717) is 30.0 Å². The van der Waals surface area contributed by atoms with Crippen LogP contribution in [-0.2, 0) is 30.6 Å². The van der Waals surface area contributed by atoms with Crippen molar-refractivity contribution in [2.24, 2.45) is 0 Å². The molecule has 4 rings (SSSR count). The van der Waals surface area contributed by atoms with Crippen molar-refractivity contribution in [3.8, 4) is 0 Å². The van der Waals surface area contributed by atoms with Crippen molar-refractivity contribution in [2.75, 3.05) is 18.8 Å². The van der Waals surface area contributed by atoms with Crippen LogP contribution in [0.1, 0.15) is 24.8 Å². The lowest BCUT2D eigenvalue weighted by atomic mass is 10.1. The second-order valence-electron chi connectivity index (χ2n) is 7.63. The molecule has 0 unspecified atom stereocenters. The van der Waals surface area contributed by atoms with Gasteiger partial charge in [-0.1, -0.05) is 23.7 Å². The molecule has 8 nitrogen and oxygen atoms in total. The summed E-state index contributed by atoms with van der Waals surface area (Å²) in [4.78, 5) is 14.7. The van der Waals surface area contributed by atoms with Crippen LogP contribution in [0, 0.1) is 0 Å². The molecule has 0 bridgehead atoms. The van der Waals surface area contributed by atoms with E-state index in [1.54, 1.807) is 29.2 Å². The third-order valence-corrected chi connectivity index (χ3v) is 8.77. The molecule has 2 heterocycles. The zero-order chi connectivity index (χ0) is 20.1. The maximum Gasteiger partial charge on any atom is 0.253 e. The summed E-state index contributed by atoms with van der Waals surface area (Å²) in [6, 6.07) is 5.35. The Kier molecular flexibility index (Phi) is 5.20. The van der Waals surface area contributed by atoms with Crippen molar-refractivity contribution < 1.29 is 21.6 Å². The second kappa shape index (κ2) is 7.24. The molecule has 1 aromatic rings. The average Bonchev–Trinajstić information content (AvgIpc) is 3.35. The number of carbonyl (C=O) groups excluding carboxylic acids is 1. The van der Waals surface area contributed by atoms with Crippen molar-refractivity contribution in [3.63, 3.8) is 0 Å². The number of amides is 1. The average molecular weight is 448 g/mol. The van der Waals surface area contributed by atoms with Crippen LogP contribution in [0.4, 0.5) is 0 Å². The Morgan fingerprint density at radius 1 is 1.18 bits per heavy atom. The predicted molar refractivity (Wildman–Crippen MR) is 105 cm³/mol. The highest BCUT2D eigenvalue weighted by molar-refractivity contribution is 7.89. The number of nitrogens with zero attached hydrogens (tertiary/aromatic N) is 2. The summed E-state index contributed by atoms with van der Waals surface area (Å²) in [6.45, 7) is 0.557. The minimum Gasteiger partial charge on any atom is -0.289 e. The van der Waals surface area contributed by atoms with Gasteiger partial charge in [0.15, 0.2) is 0 Å². The van der Waals surface area contributed by atoms with Crippen molar-refractivity contribution in [2.45, 2.75) is 43.1 Å². The van der Waals surface area contributed by atoms with Gasteiger partial charge in [0.05, 0.1) is 17.5 Å². The summed E-state index contributed by atoms with van der Waals surface area (Å²) >= 11 is 5.83. The predicted octanol–water partition coefficient (Wildman–Crippen LogP) is 0.537. The Bertz CT molecular complexity index is 977. The Balaban J connectivity index is 1.45. The molecule has 0 aromatic heterocycles. The molecule has 28 heavy (non-hydrogen) atoms. The van der Waals surface area contributed by atoms with Gasteiger partial charge < -0.3 is 0 Å². The molecule has 2 atom stereocenters. The maximum absolute atomic E-state index is 12.9. The molecule has 2 aliphatic heterocycles. The van der Waals surface area contributed by atoms with E-state index < -0.39 is 38.0 Å². The molecule has 1 amide bonds. The summed E-state index contributed by atoms with van der Waals surface area (Å²) in [5, 5.41) is 0.534. The van der Waals surface area contributed by atoms with E-state index in [9.17, 15) is 21.6 Å². The van der Waals surface area contributed by atoms with Gasteiger partial charge in [0.1, 0.15) is 0 Å². The maximum atomic E-state index is 12.9. The van der Waals surface area contributed by atoms with Crippen molar-refractivity contribution >= 4 is 37.6 Å². The molecule has 0 radical (unpaired) electrons. The molecule has 3 aliphatic rings. The minimum absolute atomic E-state index is 0.115. The molecule has 1 aromatic carbocycles. The Morgan fingerprint density at radius 2 is 1.86 bits per heavy atom. The van der Waals surface area contributed by atoms with Gasteiger partial charge in [-0.2, -0.15) is 0 Å². The van der Waals surface area contributed by atoms with Gasteiger partial charge in [-0.25, -0.2) is 25.9 Å². The largest absolute Gasteiger partial charge is 0.289 e. The molecule has 1 N–H and O–H groups in total. The molecule has 1 aliphatic carbocycles. The van der Waals surface area contributed by atoms with Gasteiger partial charge in [-0.05, 0) is 37.0 Å². The lowest BCUT2D eigenvalue weighted by Gasteiger charge is -2.23. The number of benzene rings is 1. The van der Waals surface area contributed by atoms with Crippen LogP contribution in [-0.4, -0.2) is 68.9 Å². The SMILES string of the molecule is O=C1[C@@H]2C[C@H](NS(=O)(=O)Cc3ccc(Cl)cc3)CN2CCS(=O)(=O)N1C1CC1. The monoisotopic (exact) mass is 447 g/mol. The first kappa shape index (κ1) is 20.1. The summed E-state index contributed by atoms with van der Waals surface area (Å²) in [5.74, 6) is -0.711. The molecular formula is C17H22ClN3O5S2. The summed E-state index contributed by atoms with van der Waals surface area (Å²) in [7, 11) is -7.20. The molecule has 0 spiro atoms. The summed E-state index contributed by atoms with van der Waals surface area (Å²) < 4.78 is 53.6.